The van der Waals surface area contributed by atoms with Crippen molar-refractivity contribution in [3.63, 3.8) is 0 Å². The third-order valence-electron chi connectivity index (χ3n) is 4.83. The zero-order valence-electron chi connectivity index (χ0n) is 16.7. The van der Waals surface area contributed by atoms with Gasteiger partial charge in [-0.2, -0.15) is 5.26 Å². The number of nitrogens with one attached hydrogen (secondary N) is 3. The fraction of sp³-hybridized carbons (Fsp3) is 0.333. The minimum atomic E-state index is -0.264. The number of ether oxygens (including phenoxy) is 1. The number of pyridine rings is 1. The van der Waals surface area contributed by atoms with E-state index in [1.165, 1.54) is 0 Å². The molecule has 0 spiro atoms. The van der Waals surface area contributed by atoms with Crippen LogP contribution in [-0.4, -0.2) is 48.2 Å². The van der Waals surface area contributed by atoms with Crippen LogP contribution in [0.5, 0.6) is 5.75 Å². The van der Waals surface area contributed by atoms with Crippen LogP contribution < -0.4 is 20.7 Å². The molecule has 2 aromatic rings. The Morgan fingerprint density at radius 3 is 2.60 bits per heavy atom. The average Bonchev–Trinajstić information content (AvgIpc) is 2.78. The zero-order valence-corrected chi connectivity index (χ0v) is 16.7. The summed E-state index contributed by atoms with van der Waals surface area (Å²) in [4.78, 5) is 30.3. The summed E-state index contributed by atoms with van der Waals surface area (Å²) in [5, 5.41) is 17.4. The second kappa shape index (κ2) is 10.1. The van der Waals surface area contributed by atoms with Crippen molar-refractivity contribution in [3.05, 3.63) is 53.7 Å². The molecule has 3 rings (SSSR count). The topological polar surface area (TPSA) is 119 Å². The van der Waals surface area contributed by atoms with Crippen molar-refractivity contribution >= 4 is 17.9 Å². The standard InChI is InChI=1S/C21H24N6O3/c1-30-18-7-5-15(6-8-18)14-23-20(28)25-16-9-11-27(12-10-16)21(29)26-19-4-2-3-17(13-22)24-19/h2-8,16H,9-12,14H2,1H3,(H2,23,25,28)(H,24,26,29). The number of aromatic nitrogens is 1. The lowest BCUT2D eigenvalue weighted by atomic mass is 10.1. The van der Waals surface area contributed by atoms with Crippen molar-refractivity contribution in [2.45, 2.75) is 25.4 Å². The highest BCUT2D eigenvalue weighted by molar-refractivity contribution is 5.88. The normalized spacial score (nSPS) is 13.8. The summed E-state index contributed by atoms with van der Waals surface area (Å²) in [7, 11) is 1.61. The second-order valence-corrected chi connectivity index (χ2v) is 6.89. The monoisotopic (exact) mass is 408 g/mol. The van der Waals surface area contributed by atoms with E-state index in [0.717, 1.165) is 11.3 Å². The molecule has 1 aliphatic rings. The Morgan fingerprint density at radius 1 is 1.20 bits per heavy atom. The number of carbonyl (C=O) groups is 2. The van der Waals surface area contributed by atoms with Crippen LogP contribution in [0, 0.1) is 11.3 Å². The summed E-state index contributed by atoms with van der Waals surface area (Å²) < 4.78 is 5.12. The Kier molecular flexibility index (Phi) is 7.05. The SMILES string of the molecule is COc1ccc(CNC(=O)NC2CCN(C(=O)Nc3cccc(C#N)n3)CC2)cc1. The fourth-order valence-electron chi connectivity index (χ4n) is 3.14. The number of hydrogen-bond acceptors (Lipinski definition) is 5. The summed E-state index contributed by atoms with van der Waals surface area (Å²) >= 11 is 0. The average molecular weight is 408 g/mol. The van der Waals surface area contributed by atoms with Crippen molar-refractivity contribution in [2.24, 2.45) is 0 Å². The molecule has 1 aliphatic heterocycles. The molecular weight excluding hydrogens is 384 g/mol. The lowest BCUT2D eigenvalue weighted by Crippen LogP contribution is -2.49. The second-order valence-electron chi connectivity index (χ2n) is 6.89. The maximum absolute atomic E-state index is 12.4. The molecule has 0 aliphatic carbocycles. The predicted molar refractivity (Wildman–Crippen MR) is 111 cm³/mol. The highest BCUT2D eigenvalue weighted by Crippen LogP contribution is 2.13. The van der Waals surface area contributed by atoms with Crippen LogP contribution in [0.1, 0.15) is 24.1 Å². The predicted octanol–water partition coefficient (Wildman–Crippen LogP) is 2.46. The first-order valence-corrected chi connectivity index (χ1v) is 9.68. The van der Waals surface area contributed by atoms with Gasteiger partial charge < -0.3 is 20.3 Å². The van der Waals surface area contributed by atoms with Gasteiger partial charge >= 0.3 is 12.1 Å². The minimum Gasteiger partial charge on any atom is -0.497 e. The Morgan fingerprint density at radius 2 is 1.93 bits per heavy atom. The number of methoxy groups -OCH3 is 1. The molecule has 156 valence electrons. The molecule has 1 aromatic heterocycles. The van der Waals surface area contributed by atoms with Gasteiger partial charge in [-0.15, -0.1) is 0 Å². The van der Waals surface area contributed by atoms with E-state index in [2.05, 4.69) is 20.9 Å². The number of rotatable bonds is 5. The molecule has 0 atom stereocenters. The van der Waals surface area contributed by atoms with Gasteiger partial charge in [0.05, 0.1) is 7.11 Å². The lowest BCUT2D eigenvalue weighted by Gasteiger charge is -2.32. The molecule has 4 amide bonds. The molecular formula is C21H24N6O3. The van der Waals surface area contributed by atoms with Crippen molar-refractivity contribution in [1.82, 2.24) is 20.5 Å². The van der Waals surface area contributed by atoms with E-state index in [-0.39, 0.29) is 23.8 Å². The van der Waals surface area contributed by atoms with Gasteiger partial charge in [0.15, 0.2) is 0 Å². The van der Waals surface area contributed by atoms with Crippen LogP contribution in [-0.2, 0) is 6.54 Å². The molecule has 0 radical (unpaired) electrons. The summed E-state index contributed by atoms with van der Waals surface area (Å²) in [6.45, 7) is 1.46. The number of hydrogen-bond donors (Lipinski definition) is 3. The van der Waals surface area contributed by atoms with E-state index in [4.69, 9.17) is 10.00 Å². The maximum Gasteiger partial charge on any atom is 0.323 e. The highest BCUT2D eigenvalue weighted by Gasteiger charge is 2.24. The van der Waals surface area contributed by atoms with E-state index < -0.39 is 0 Å². The molecule has 9 nitrogen and oxygen atoms in total. The molecule has 2 heterocycles. The third-order valence-corrected chi connectivity index (χ3v) is 4.83. The van der Waals surface area contributed by atoms with Gasteiger partial charge in [0.1, 0.15) is 23.3 Å². The Balaban J connectivity index is 1.39. The number of benzene rings is 1. The van der Waals surface area contributed by atoms with E-state index in [1.807, 2.05) is 30.3 Å². The van der Waals surface area contributed by atoms with E-state index in [9.17, 15) is 9.59 Å². The number of nitriles is 1. The lowest BCUT2D eigenvalue weighted by molar-refractivity contribution is 0.187. The Bertz CT molecular complexity index is 917. The van der Waals surface area contributed by atoms with Crippen LogP contribution in [0.3, 0.4) is 0 Å². The number of amides is 4. The van der Waals surface area contributed by atoms with Crippen LogP contribution in [0.25, 0.3) is 0 Å². The smallest absolute Gasteiger partial charge is 0.323 e. The first-order valence-electron chi connectivity index (χ1n) is 9.68. The third kappa shape index (κ3) is 5.85. The van der Waals surface area contributed by atoms with Gasteiger partial charge in [-0.1, -0.05) is 18.2 Å². The zero-order chi connectivity index (χ0) is 21.3. The number of carbonyl (C=O) groups excluding carboxylic acids is 2. The quantitative estimate of drug-likeness (QED) is 0.702. The fourth-order valence-corrected chi connectivity index (χ4v) is 3.14. The van der Waals surface area contributed by atoms with E-state index in [1.54, 1.807) is 30.2 Å². The molecule has 1 fully saturated rings. The van der Waals surface area contributed by atoms with Crippen LogP contribution in [0.2, 0.25) is 0 Å². The van der Waals surface area contributed by atoms with Crippen LogP contribution in [0.15, 0.2) is 42.5 Å². The van der Waals surface area contributed by atoms with E-state index in [0.29, 0.717) is 38.3 Å². The largest absolute Gasteiger partial charge is 0.497 e. The maximum atomic E-state index is 12.4. The van der Waals surface area contributed by atoms with Gasteiger partial charge in [-0.25, -0.2) is 14.6 Å². The molecule has 1 aromatic carbocycles. The highest BCUT2D eigenvalue weighted by atomic mass is 16.5. The van der Waals surface area contributed by atoms with Gasteiger partial charge in [-0.05, 0) is 42.7 Å². The number of piperidine rings is 1. The molecule has 0 unspecified atom stereocenters. The van der Waals surface area contributed by atoms with Gasteiger partial charge in [0, 0.05) is 25.7 Å². The summed E-state index contributed by atoms with van der Waals surface area (Å²) in [5.41, 5.74) is 1.22. The number of likely N-dealkylation sites (tertiary alicyclic amines) is 1. The van der Waals surface area contributed by atoms with Gasteiger partial charge in [0.2, 0.25) is 0 Å². The Labute approximate surface area is 175 Å². The van der Waals surface area contributed by atoms with E-state index >= 15 is 0 Å². The molecule has 0 saturated carbocycles. The van der Waals surface area contributed by atoms with Crippen molar-refractivity contribution < 1.29 is 14.3 Å². The van der Waals surface area contributed by atoms with Gasteiger partial charge in [0.25, 0.3) is 0 Å². The molecule has 3 N–H and O–H groups in total. The van der Waals surface area contributed by atoms with Crippen molar-refractivity contribution in [1.29, 1.82) is 5.26 Å². The molecule has 0 bridgehead atoms. The first-order chi connectivity index (χ1) is 14.6. The number of nitrogens with zero attached hydrogens (tertiary/aromatic N) is 3. The molecule has 30 heavy (non-hydrogen) atoms. The number of anilines is 1. The van der Waals surface area contributed by atoms with Gasteiger partial charge in [-0.3, -0.25) is 5.32 Å². The summed E-state index contributed by atoms with van der Waals surface area (Å²) in [6, 6.07) is 13.8. The van der Waals surface area contributed by atoms with Crippen molar-refractivity contribution in [3.8, 4) is 11.8 Å². The van der Waals surface area contributed by atoms with Crippen molar-refractivity contribution in [2.75, 3.05) is 25.5 Å². The van der Waals surface area contributed by atoms with Crippen LogP contribution >= 0.6 is 0 Å². The molecule has 1 saturated heterocycles. The minimum absolute atomic E-state index is 0.00459. The molecule has 9 heteroatoms. The summed E-state index contributed by atoms with van der Waals surface area (Å²) in [5.74, 6) is 1.12. The Hall–Kier alpha value is -3.80. The van der Waals surface area contributed by atoms with Crippen LogP contribution in [0.4, 0.5) is 15.4 Å². The summed E-state index contributed by atoms with van der Waals surface area (Å²) in [6.07, 6.45) is 1.32. The first kappa shape index (κ1) is 20.9. The number of urea groups is 2.